The molecule has 0 amide bonds. The first kappa shape index (κ1) is 29.3. The lowest BCUT2D eigenvalue weighted by Crippen LogP contribution is -1.93. The maximum absolute atomic E-state index is 6.32. The lowest BCUT2D eigenvalue weighted by molar-refractivity contribution is 0.669. The van der Waals surface area contributed by atoms with Gasteiger partial charge in [0.2, 0.25) is 0 Å². The highest BCUT2D eigenvalue weighted by molar-refractivity contribution is 6.20. The largest absolute Gasteiger partial charge is 0.456 e. The molecule has 9 rings (SSSR count). The lowest BCUT2D eigenvalue weighted by atomic mass is 9.97. The number of fused-ring (bicyclic) bond motifs is 3. The molecule has 0 aliphatic rings. The lowest BCUT2D eigenvalue weighted by Gasteiger charge is -2.09. The quantitative estimate of drug-likeness (QED) is 0.179. The van der Waals surface area contributed by atoms with Gasteiger partial charge in [-0.2, -0.15) is 0 Å². The van der Waals surface area contributed by atoms with Crippen LogP contribution in [0.2, 0.25) is 0 Å². The standard InChI is InChI=1S/C47H37NO/c1-3-4-12-32-13-8-16-35(28-32)37-24-26-43-41(30-37)40-29-36(23-25-42(40)48(43)38-18-6-5-7-19-38)34-17-9-14-33-15-10-21-44-46(33)47-39(31(2)27-34)20-11-22-45(47)49-44/h5-11,13-30H,3-4,12H2,1-2H3. The number of aryl methyl sites for hydroxylation is 2. The molecule has 7 aromatic carbocycles. The van der Waals surface area contributed by atoms with Crippen molar-refractivity contribution in [2.75, 3.05) is 0 Å². The summed E-state index contributed by atoms with van der Waals surface area (Å²) in [5.41, 5.74) is 12.9. The highest BCUT2D eigenvalue weighted by atomic mass is 16.3. The Kier molecular flexibility index (Phi) is 7.16. The van der Waals surface area contributed by atoms with Crippen molar-refractivity contribution in [1.29, 1.82) is 0 Å². The minimum Gasteiger partial charge on any atom is -0.456 e. The second kappa shape index (κ2) is 12.0. The molecule has 2 aromatic heterocycles. The number of unbranched alkanes of at least 4 members (excludes halogenated alkanes) is 1. The van der Waals surface area contributed by atoms with Crippen LogP contribution in [0.25, 0.3) is 82.5 Å². The van der Waals surface area contributed by atoms with E-state index < -0.39 is 0 Å². The van der Waals surface area contributed by atoms with Gasteiger partial charge in [0.1, 0.15) is 11.2 Å². The first-order chi connectivity index (χ1) is 24.2. The summed E-state index contributed by atoms with van der Waals surface area (Å²) < 4.78 is 8.72. The predicted molar refractivity (Wildman–Crippen MR) is 209 cm³/mol. The number of para-hydroxylation sites is 1. The molecular weight excluding hydrogens is 595 g/mol. The number of aromatic nitrogens is 1. The molecule has 0 N–H and O–H groups in total. The molecule has 49 heavy (non-hydrogen) atoms. The smallest absolute Gasteiger partial charge is 0.136 e. The summed E-state index contributed by atoms with van der Waals surface area (Å²) >= 11 is 0. The van der Waals surface area contributed by atoms with Gasteiger partial charge in [-0.25, -0.2) is 0 Å². The van der Waals surface area contributed by atoms with Gasteiger partial charge in [0, 0.05) is 27.2 Å². The average molecular weight is 632 g/mol. The summed E-state index contributed by atoms with van der Waals surface area (Å²) in [4.78, 5) is 0. The first-order valence-electron chi connectivity index (χ1n) is 17.4. The Morgan fingerprint density at radius 2 is 1.12 bits per heavy atom. The topological polar surface area (TPSA) is 18.1 Å². The van der Waals surface area contributed by atoms with Crippen molar-refractivity contribution in [3.05, 3.63) is 163 Å². The van der Waals surface area contributed by atoms with Crippen molar-refractivity contribution in [2.45, 2.75) is 33.1 Å². The minimum absolute atomic E-state index is 0.925. The number of nitrogens with zero attached hydrogens (tertiary/aromatic N) is 1. The molecular formula is C47H37NO. The molecule has 9 aromatic rings. The van der Waals surface area contributed by atoms with E-state index in [0.717, 1.165) is 17.6 Å². The van der Waals surface area contributed by atoms with Crippen LogP contribution < -0.4 is 0 Å². The zero-order chi connectivity index (χ0) is 32.9. The first-order valence-corrected chi connectivity index (χ1v) is 17.4. The number of hydrogen-bond donors (Lipinski definition) is 0. The van der Waals surface area contributed by atoms with Crippen molar-refractivity contribution in [1.82, 2.24) is 4.57 Å². The fourth-order valence-corrected chi connectivity index (χ4v) is 7.68. The zero-order valence-corrected chi connectivity index (χ0v) is 27.9. The Morgan fingerprint density at radius 3 is 1.84 bits per heavy atom. The number of furan rings is 1. The van der Waals surface area contributed by atoms with E-state index in [4.69, 9.17) is 4.42 Å². The van der Waals surface area contributed by atoms with Crippen LogP contribution in [0.3, 0.4) is 0 Å². The Labute approximate surface area is 286 Å². The van der Waals surface area contributed by atoms with Crippen LogP contribution in [0.1, 0.15) is 30.9 Å². The van der Waals surface area contributed by atoms with Crippen LogP contribution in [-0.4, -0.2) is 4.57 Å². The van der Waals surface area contributed by atoms with Crippen LogP contribution in [0, 0.1) is 6.92 Å². The molecule has 0 aliphatic carbocycles. The van der Waals surface area contributed by atoms with Gasteiger partial charge in [-0.05, 0) is 112 Å². The van der Waals surface area contributed by atoms with Crippen LogP contribution >= 0.6 is 0 Å². The van der Waals surface area contributed by atoms with Gasteiger partial charge in [-0.3, -0.25) is 0 Å². The van der Waals surface area contributed by atoms with Crippen molar-refractivity contribution >= 4 is 54.5 Å². The Bertz CT molecular complexity index is 2710. The fourth-order valence-electron chi connectivity index (χ4n) is 7.68. The monoisotopic (exact) mass is 631 g/mol. The molecule has 0 bridgehead atoms. The zero-order valence-electron chi connectivity index (χ0n) is 27.9. The van der Waals surface area contributed by atoms with Crippen molar-refractivity contribution in [3.8, 4) is 27.9 Å². The molecule has 0 spiro atoms. The molecule has 0 unspecified atom stereocenters. The van der Waals surface area contributed by atoms with E-state index in [2.05, 4.69) is 170 Å². The van der Waals surface area contributed by atoms with Gasteiger partial charge >= 0.3 is 0 Å². The normalized spacial score (nSPS) is 11.7. The van der Waals surface area contributed by atoms with Gasteiger partial charge in [-0.15, -0.1) is 0 Å². The second-order valence-corrected chi connectivity index (χ2v) is 13.2. The Morgan fingerprint density at radius 1 is 0.510 bits per heavy atom. The van der Waals surface area contributed by atoms with E-state index in [1.165, 1.54) is 95.3 Å². The number of rotatable bonds is 6. The van der Waals surface area contributed by atoms with E-state index in [1.807, 2.05) is 0 Å². The Balaban J connectivity index is 1.28. The molecule has 236 valence electrons. The van der Waals surface area contributed by atoms with Gasteiger partial charge in [0.05, 0.1) is 11.0 Å². The summed E-state index contributed by atoms with van der Waals surface area (Å²) in [7, 11) is 0. The second-order valence-electron chi connectivity index (χ2n) is 13.2. The molecule has 2 heterocycles. The predicted octanol–water partition coefficient (Wildman–Crippen LogP) is 13.4. The maximum atomic E-state index is 6.32. The van der Waals surface area contributed by atoms with Crippen molar-refractivity contribution in [2.24, 2.45) is 0 Å². The van der Waals surface area contributed by atoms with Crippen molar-refractivity contribution in [3.63, 3.8) is 0 Å². The van der Waals surface area contributed by atoms with Crippen LogP contribution in [0.15, 0.2) is 156 Å². The molecule has 0 saturated heterocycles. The van der Waals surface area contributed by atoms with Crippen LogP contribution in [0.4, 0.5) is 0 Å². The van der Waals surface area contributed by atoms with E-state index in [9.17, 15) is 0 Å². The maximum Gasteiger partial charge on any atom is 0.136 e. The van der Waals surface area contributed by atoms with Crippen LogP contribution in [-0.2, 0) is 6.42 Å². The summed E-state index contributed by atoms with van der Waals surface area (Å²) in [6.07, 6.45) is 3.53. The molecule has 0 radical (unpaired) electrons. The third-order valence-corrected chi connectivity index (χ3v) is 10.1. The summed E-state index contributed by atoms with van der Waals surface area (Å²) in [5, 5.41) is 7.24. The molecule has 0 saturated carbocycles. The average Bonchev–Trinajstić information content (AvgIpc) is 3.69. The van der Waals surface area contributed by atoms with E-state index in [-0.39, 0.29) is 0 Å². The minimum atomic E-state index is 0.925. The van der Waals surface area contributed by atoms with Gasteiger partial charge in [0.15, 0.2) is 0 Å². The highest BCUT2D eigenvalue weighted by Crippen LogP contribution is 2.39. The van der Waals surface area contributed by atoms with Gasteiger partial charge in [-0.1, -0.05) is 116 Å². The fraction of sp³-hybridized carbons (Fsp3) is 0.106. The van der Waals surface area contributed by atoms with E-state index in [0.29, 0.717) is 0 Å². The molecule has 0 aliphatic heterocycles. The van der Waals surface area contributed by atoms with Crippen LogP contribution in [0.5, 0.6) is 0 Å². The molecule has 0 fully saturated rings. The SMILES string of the molecule is CCCCc1cccc(-c2ccc3c(c2)c2cc(-c4cccc5cccc6oc7cccc(c(C)c4)c7c56)ccc2n3-c2ccccc2)c1. The van der Waals surface area contributed by atoms with E-state index in [1.54, 1.807) is 0 Å². The number of benzene rings is 6. The summed E-state index contributed by atoms with van der Waals surface area (Å²) in [5.74, 6) is 0. The van der Waals surface area contributed by atoms with Gasteiger partial charge in [0.25, 0.3) is 0 Å². The molecule has 2 heteroatoms. The third-order valence-electron chi connectivity index (χ3n) is 10.1. The van der Waals surface area contributed by atoms with Gasteiger partial charge < -0.3 is 8.98 Å². The summed E-state index contributed by atoms with van der Waals surface area (Å²) in [6, 6.07) is 55.4. The summed E-state index contributed by atoms with van der Waals surface area (Å²) in [6.45, 7) is 4.48. The Hall–Kier alpha value is -5.86. The highest BCUT2D eigenvalue weighted by Gasteiger charge is 2.16. The van der Waals surface area contributed by atoms with Crippen molar-refractivity contribution < 1.29 is 4.42 Å². The van der Waals surface area contributed by atoms with E-state index >= 15 is 0 Å². The number of hydrogen-bond acceptors (Lipinski definition) is 1. The molecule has 0 atom stereocenters. The third kappa shape index (κ3) is 5.03. The molecule has 2 nitrogen and oxygen atoms in total.